The Balaban J connectivity index is 1.33. The fourth-order valence-electron chi connectivity index (χ4n) is 4.14. The third-order valence-electron chi connectivity index (χ3n) is 5.56. The third-order valence-corrected chi connectivity index (χ3v) is 5.56. The molecule has 140 valence electrons. The maximum atomic E-state index is 5.84. The highest BCUT2D eigenvalue weighted by Gasteiger charge is 2.27. The van der Waals surface area contributed by atoms with Gasteiger partial charge in [-0.1, -0.05) is 24.3 Å². The van der Waals surface area contributed by atoms with Gasteiger partial charge in [-0.3, -0.25) is 4.90 Å². The predicted octanol–water partition coefficient (Wildman–Crippen LogP) is 3.45. The van der Waals surface area contributed by atoms with Crippen LogP contribution in [0.5, 0.6) is 0 Å². The van der Waals surface area contributed by atoms with Gasteiger partial charge < -0.3 is 13.7 Å². The summed E-state index contributed by atoms with van der Waals surface area (Å²) in [5.41, 5.74) is 2.47. The van der Waals surface area contributed by atoms with Crippen molar-refractivity contribution in [2.75, 3.05) is 19.7 Å². The zero-order chi connectivity index (χ0) is 18.1. The number of ether oxygens (including phenoxy) is 1. The standard InChI is InChI=1S/C21H24N4O2/c1-2-6-17(18-7-3-13-26-18)16(5-1)15-24-10-9-20-22-23-21(25(20)12-11-24)19-8-4-14-27-19/h1-3,5-7,13,19H,4,8-12,14-15H2. The van der Waals surface area contributed by atoms with Gasteiger partial charge in [-0.15, -0.1) is 10.2 Å². The minimum Gasteiger partial charge on any atom is -0.464 e. The molecule has 0 amide bonds. The van der Waals surface area contributed by atoms with Crippen LogP contribution in [0.4, 0.5) is 0 Å². The van der Waals surface area contributed by atoms with Gasteiger partial charge in [0.1, 0.15) is 17.7 Å². The molecular weight excluding hydrogens is 340 g/mol. The Hall–Kier alpha value is -2.44. The summed E-state index contributed by atoms with van der Waals surface area (Å²) in [4.78, 5) is 2.50. The second kappa shape index (κ2) is 7.29. The molecular formula is C21H24N4O2. The number of hydrogen-bond acceptors (Lipinski definition) is 5. The molecule has 3 aromatic rings. The first-order chi connectivity index (χ1) is 13.4. The van der Waals surface area contributed by atoms with Crippen molar-refractivity contribution < 1.29 is 9.15 Å². The fraction of sp³-hybridized carbons (Fsp3) is 0.429. The molecule has 0 saturated carbocycles. The quantitative estimate of drug-likeness (QED) is 0.710. The van der Waals surface area contributed by atoms with Gasteiger partial charge in [0.15, 0.2) is 5.82 Å². The summed E-state index contributed by atoms with van der Waals surface area (Å²) in [5, 5.41) is 8.89. The highest BCUT2D eigenvalue weighted by molar-refractivity contribution is 5.61. The second-order valence-corrected chi connectivity index (χ2v) is 7.29. The van der Waals surface area contributed by atoms with Gasteiger partial charge in [0.05, 0.1) is 6.26 Å². The third kappa shape index (κ3) is 3.31. The molecule has 0 N–H and O–H groups in total. The first-order valence-electron chi connectivity index (χ1n) is 9.76. The van der Waals surface area contributed by atoms with Crippen molar-refractivity contribution in [2.45, 2.75) is 38.5 Å². The maximum absolute atomic E-state index is 5.84. The van der Waals surface area contributed by atoms with E-state index >= 15 is 0 Å². The average molecular weight is 364 g/mol. The number of aromatic nitrogens is 3. The molecule has 5 rings (SSSR count). The van der Waals surface area contributed by atoms with Crippen LogP contribution in [0.1, 0.15) is 36.2 Å². The lowest BCUT2D eigenvalue weighted by Gasteiger charge is -2.21. The highest BCUT2D eigenvalue weighted by Crippen LogP contribution is 2.29. The van der Waals surface area contributed by atoms with Crippen LogP contribution in [0.15, 0.2) is 47.1 Å². The van der Waals surface area contributed by atoms with Crippen molar-refractivity contribution in [3.63, 3.8) is 0 Å². The Morgan fingerprint density at radius 3 is 2.85 bits per heavy atom. The van der Waals surface area contributed by atoms with Crippen LogP contribution in [0, 0.1) is 0 Å². The molecule has 0 radical (unpaired) electrons. The molecule has 0 bridgehead atoms. The lowest BCUT2D eigenvalue weighted by Crippen LogP contribution is -2.27. The van der Waals surface area contributed by atoms with E-state index in [4.69, 9.17) is 9.15 Å². The van der Waals surface area contributed by atoms with E-state index in [0.717, 1.165) is 69.5 Å². The number of nitrogens with zero attached hydrogens (tertiary/aromatic N) is 4. The Labute approximate surface area is 158 Å². The van der Waals surface area contributed by atoms with Crippen LogP contribution >= 0.6 is 0 Å². The number of furan rings is 1. The molecule has 2 aliphatic rings. The SMILES string of the molecule is c1coc(-c2ccccc2CN2CCc3nnc(C4CCCO4)n3CC2)c1. The monoisotopic (exact) mass is 364 g/mol. The summed E-state index contributed by atoms with van der Waals surface area (Å²) in [6.07, 6.45) is 4.94. The van der Waals surface area contributed by atoms with Gasteiger partial charge in [0.2, 0.25) is 0 Å². The van der Waals surface area contributed by atoms with Crippen molar-refractivity contribution in [1.82, 2.24) is 19.7 Å². The average Bonchev–Trinajstić information content (AvgIpc) is 3.44. The van der Waals surface area contributed by atoms with Crippen molar-refractivity contribution in [1.29, 1.82) is 0 Å². The minimum absolute atomic E-state index is 0.123. The number of hydrogen-bond donors (Lipinski definition) is 0. The number of benzene rings is 1. The lowest BCUT2D eigenvalue weighted by atomic mass is 10.0. The van der Waals surface area contributed by atoms with Crippen LogP contribution in [0.2, 0.25) is 0 Å². The van der Waals surface area contributed by atoms with E-state index in [-0.39, 0.29) is 6.10 Å². The van der Waals surface area contributed by atoms with Crippen molar-refractivity contribution >= 4 is 0 Å². The molecule has 2 aliphatic heterocycles. The molecule has 1 atom stereocenters. The van der Waals surface area contributed by atoms with Crippen LogP contribution in [0.25, 0.3) is 11.3 Å². The van der Waals surface area contributed by atoms with E-state index in [9.17, 15) is 0 Å². The van der Waals surface area contributed by atoms with Crippen LogP contribution in [-0.2, 0) is 24.2 Å². The molecule has 0 aliphatic carbocycles. The van der Waals surface area contributed by atoms with Gasteiger partial charge in [-0.05, 0) is 30.5 Å². The van der Waals surface area contributed by atoms with E-state index in [1.807, 2.05) is 12.1 Å². The second-order valence-electron chi connectivity index (χ2n) is 7.29. The van der Waals surface area contributed by atoms with Gasteiger partial charge >= 0.3 is 0 Å². The fourth-order valence-corrected chi connectivity index (χ4v) is 4.14. The lowest BCUT2D eigenvalue weighted by molar-refractivity contribution is 0.101. The Bertz CT molecular complexity index is 897. The Morgan fingerprint density at radius 1 is 1.04 bits per heavy atom. The van der Waals surface area contributed by atoms with Crippen LogP contribution < -0.4 is 0 Å². The molecule has 6 nitrogen and oxygen atoms in total. The van der Waals surface area contributed by atoms with Crippen LogP contribution in [-0.4, -0.2) is 39.4 Å². The zero-order valence-corrected chi connectivity index (χ0v) is 15.4. The summed E-state index contributed by atoms with van der Waals surface area (Å²) < 4.78 is 13.8. The zero-order valence-electron chi connectivity index (χ0n) is 15.4. The Morgan fingerprint density at radius 2 is 2.00 bits per heavy atom. The van der Waals surface area contributed by atoms with Crippen LogP contribution in [0.3, 0.4) is 0 Å². The topological polar surface area (TPSA) is 56.3 Å². The molecule has 1 aromatic carbocycles. The van der Waals surface area contributed by atoms with Gasteiger partial charge in [0, 0.05) is 44.8 Å². The highest BCUT2D eigenvalue weighted by atomic mass is 16.5. The summed E-state index contributed by atoms with van der Waals surface area (Å²) in [6.45, 7) is 4.63. The summed E-state index contributed by atoms with van der Waals surface area (Å²) in [5.74, 6) is 3.03. The molecule has 2 aromatic heterocycles. The van der Waals surface area contributed by atoms with E-state index in [0.29, 0.717) is 0 Å². The number of rotatable bonds is 4. The number of fused-ring (bicyclic) bond motifs is 1. The van der Waals surface area contributed by atoms with Gasteiger partial charge in [0.25, 0.3) is 0 Å². The summed E-state index contributed by atoms with van der Waals surface area (Å²) >= 11 is 0. The summed E-state index contributed by atoms with van der Waals surface area (Å²) in [6, 6.07) is 12.5. The first kappa shape index (κ1) is 16.7. The molecule has 27 heavy (non-hydrogen) atoms. The van der Waals surface area contributed by atoms with Crippen molar-refractivity contribution in [3.05, 3.63) is 59.9 Å². The molecule has 1 unspecified atom stereocenters. The van der Waals surface area contributed by atoms with E-state index in [1.165, 1.54) is 11.1 Å². The van der Waals surface area contributed by atoms with Crippen molar-refractivity contribution in [3.8, 4) is 11.3 Å². The molecule has 6 heteroatoms. The molecule has 4 heterocycles. The van der Waals surface area contributed by atoms with Gasteiger partial charge in [-0.2, -0.15) is 0 Å². The van der Waals surface area contributed by atoms with E-state index in [2.05, 4.69) is 43.9 Å². The smallest absolute Gasteiger partial charge is 0.162 e. The van der Waals surface area contributed by atoms with Crippen molar-refractivity contribution in [2.24, 2.45) is 0 Å². The maximum Gasteiger partial charge on any atom is 0.162 e. The van der Waals surface area contributed by atoms with E-state index < -0.39 is 0 Å². The minimum atomic E-state index is 0.123. The normalized spacial score (nSPS) is 20.5. The molecule has 1 fully saturated rings. The first-order valence-corrected chi connectivity index (χ1v) is 9.76. The summed E-state index contributed by atoms with van der Waals surface area (Å²) in [7, 11) is 0. The predicted molar refractivity (Wildman–Crippen MR) is 101 cm³/mol. The molecule has 0 spiro atoms. The van der Waals surface area contributed by atoms with Gasteiger partial charge in [-0.25, -0.2) is 0 Å². The Kier molecular flexibility index (Phi) is 4.51. The largest absolute Gasteiger partial charge is 0.464 e. The molecule has 1 saturated heterocycles. The van der Waals surface area contributed by atoms with E-state index in [1.54, 1.807) is 6.26 Å².